The Morgan fingerprint density at radius 2 is 2.09 bits per heavy atom. The Kier molecular flexibility index (Phi) is 3.45. The van der Waals surface area contributed by atoms with Crippen LogP contribution in [0.1, 0.15) is 36.0 Å². The molecule has 1 aliphatic heterocycles. The van der Waals surface area contributed by atoms with Gasteiger partial charge in [-0.3, -0.25) is 4.79 Å². The zero-order chi connectivity index (χ0) is 15.9. The molecule has 1 saturated carbocycles. The van der Waals surface area contributed by atoms with Gasteiger partial charge in [0, 0.05) is 31.4 Å². The number of nitrogens with zero attached hydrogens (tertiary/aromatic N) is 3. The number of aromatic nitrogens is 2. The molecule has 1 N–H and O–H groups in total. The minimum absolute atomic E-state index is 0.0325. The first-order valence-electron chi connectivity index (χ1n) is 8.28. The topological polar surface area (TPSA) is 58.4 Å². The van der Waals surface area contributed by atoms with E-state index in [-0.39, 0.29) is 11.8 Å². The average molecular weight is 311 g/mol. The molecule has 1 aromatic heterocycles. The molecule has 1 aliphatic carbocycles. The highest BCUT2D eigenvalue weighted by Crippen LogP contribution is 2.45. The molecular weight excluding hydrogens is 290 g/mol. The normalized spacial score (nSPS) is 22.8. The maximum Gasteiger partial charge on any atom is 0.256 e. The molecule has 23 heavy (non-hydrogen) atoms. The fourth-order valence-corrected chi connectivity index (χ4v) is 3.57. The summed E-state index contributed by atoms with van der Waals surface area (Å²) in [5.41, 5.74) is 0.954. The van der Waals surface area contributed by atoms with Crippen LogP contribution in [0.3, 0.4) is 0 Å². The Hall–Kier alpha value is -2.14. The second kappa shape index (κ2) is 5.49. The zero-order valence-electron chi connectivity index (χ0n) is 13.1. The number of hydrogen-bond acceptors (Lipinski definition) is 3. The molecule has 1 unspecified atom stereocenters. The molecule has 0 spiro atoms. The van der Waals surface area contributed by atoms with Crippen molar-refractivity contribution in [3.8, 4) is 5.69 Å². The maximum absolute atomic E-state index is 13.0. The zero-order valence-corrected chi connectivity index (χ0v) is 13.1. The van der Waals surface area contributed by atoms with Gasteiger partial charge in [0.05, 0.1) is 16.9 Å². The van der Waals surface area contributed by atoms with Gasteiger partial charge in [-0.25, -0.2) is 4.68 Å². The summed E-state index contributed by atoms with van der Waals surface area (Å²) in [5, 5.41) is 14.6. The number of rotatable bonds is 3. The molecule has 0 bridgehead atoms. The van der Waals surface area contributed by atoms with Crippen LogP contribution in [0.2, 0.25) is 0 Å². The lowest BCUT2D eigenvalue weighted by Gasteiger charge is -2.35. The summed E-state index contributed by atoms with van der Waals surface area (Å²) in [6, 6.07) is 9.42. The molecular formula is C18H21N3O2. The van der Waals surface area contributed by atoms with E-state index in [2.05, 4.69) is 5.10 Å². The Morgan fingerprint density at radius 1 is 1.26 bits per heavy atom. The van der Waals surface area contributed by atoms with Gasteiger partial charge in [0.15, 0.2) is 0 Å². The van der Waals surface area contributed by atoms with Crippen LogP contribution in [0.5, 0.6) is 0 Å². The van der Waals surface area contributed by atoms with Crippen LogP contribution in [0.15, 0.2) is 42.7 Å². The molecule has 1 saturated heterocycles. The molecule has 1 amide bonds. The lowest BCUT2D eigenvalue weighted by Crippen LogP contribution is -2.44. The quantitative estimate of drug-likeness (QED) is 0.946. The van der Waals surface area contributed by atoms with E-state index in [0.717, 1.165) is 37.9 Å². The first kappa shape index (κ1) is 14.5. The highest BCUT2D eigenvalue weighted by molar-refractivity contribution is 5.97. The molecule has 4 rings (SSSR count). The van der Waals surface area contributed by atoms with Gasteiger partial charge in [-0.05, 0) is 43.9 Å². The number of benzene rings is 1. The van der Waals surface area contributed by atoms with Gasteiger partial charge in [0.1, 0.15) is 0 Å². The summed E-state index contributed by atoms with van der Waals surface area (Å²) in [5.74, 6) is 0.252. The molecule has 5 heteroatoms. The monoisotopic (exact) mass is 311 g/mol. The molecule has 2 fully saturated rings. The number of carbonyl (C=O) groups excluding carboxylic acids is 1. The van der Waals surface area contributed by atoms with Gasteiger partial charge in [-0.15, -0.1) is 0 Å². The number of likely N-dealkylation sites (tertiary alicyclic amines) is 1. The lowest BCUT2D eigenvalue weighted by atomic mass is 9.90. The van der Waals surface area contributed by atoms with Crippen molar-refractivity contribution in [1.29, 1.82) is 0 Å². The average Bonchev–Trinajstić information content (AvgIpc) is 3.13. The molecule has 120 valence electrons. The van der Waals surface area contributed by atoms with Gasteiger partial charge in [-0.1, -0.05) is 12.1 Å². The summed E-state index contributed by atoms with van der Waals surface area (Å²) < 4.78 is 1.73. The van der Waals surface area contributed by atoms with E-state index < -0.39 is 5.60 Å². The molecule has 2 aromatic rings. The van der Waals surface area contributed by atoms with Crippen molar-refractivity contribution in [2.45, 2.75) is 31.3 Å². The third kappa shape index (κ3) is 2.65. The van der Waals surface area contributed by atoms with Crippen molar-refractivity contribution in [3.63, 3.8) is 0 Å². The fraction of sp³-hybridized carbons (Fsp3) is 0.444. The van der Waals surface area contributed by atoms with Crippen LogP contribution >= 0.6 is 0 Å². The van der Waals surface area contributed by atoms with Crippen molar-refractivity contribution in [2.75, 3.05) is 13.1 Å². The van der Waals surface area contributed by atoms with Crippen LogP contribution in [-0.2, 0) is 0 Å². The third-order valence-corrected chi connectivity index (χ3v) is 5.12. The molecule has 1 atom stereocenters. The van der Waals surface area contributed by atoms with E-state index in [4.69, 9.17) is 0 Å². The second-order valence-electron chi connectivity index (χ2n) is 6.66. The van der Waals surface area contributed by atoms with E-state index >= 15 is 0 Å². The van der Waals surface area contributed by atoms with Crippen LogP contribution < -0.4 is 0 Å². The highest BCUT2D eigenvalue weighted by atomic mass is 16.3. The number of carbonyl (C=O) groups is 1. The van der Waals surface area contributed by atoms with Crippen molar-refractivity contribution >= 4 is 5.91 Å². The Bertz CT molecular complexity index is 707. The standard InChI is InChI=1S/C18H21N3O2/c22-17(20-11-3-5-14(13-20)18(23)8-9-18)15-6-1-2-7-16(15)21-12-4-10-19-21/h1-2,4,6-7,10,12,14,23H,3,5,8-9,11,13H2. The SMILES string of the molecule is O=C(c1ccccc1-n1cccn1)N1CCCC(C2(O)CC2)C1. The highest BCUT2D eigenvalue weighted by Gasteiger charge is 2.49. The first-order chi connectivity index (χ1) is 11.2. The Balaban J connectivity index is 1.60. The summed E-state index contributed by atoms with van der Waals surface area (Å²) in [6.45, 7) is 1.42. The predicted octanol–water partition coefficient (Wildman–Crippen LogP) is 2.25. The van der Waals surface area contributed by atoms with Crippen LogP contribution in [0.4, 0.5) is 0 Å². The number of amides is 1. The summed E-state index contributed by atoms with van der Waals surface area (Å²) >= 11 is 0. The molecule has 5 nitrogen and oxygen atoms in total. The van der Waals surface area contributed by atoms with E-state index in [1.165, 1.54) is 0 Å². The van der Waals surface area contributed by atoms with E-state index in [0.29, 0.717) is 12.1 Å². The predicted molar refractivity (Wildman–Crippen MR) is 86.4 cm³/mol. The smallest absolute Gasteiger partial charge is 0.256 e. The molecule has 1 aromatic carbocycles. The molecule has 2 heterocycles. The van der Waals surface area contributed by atoms with Crippen molar-refractivity contribution in [3.05, 3.63) is 48.3 Å². The number of para-hydroxylation sites is 1. The van der Waals surface area contributed by atoms with Crippen molar-refractivity contribution in [1.82, 2.24) is 14.7 Å². The Labute approximate surface area is 135 Å². The van der Waals surface area contributed by atoms with Gasteiger partial charge in [0.2, 0.25) is 0 Å². The minimum atomic E-state index is -0.513. The van der Waals surface area contributed by atoms with E-state index in [1.807, 2.05) is 41.4 Å². The summed E-state index contributed by atoms with van der Waals surface area (Å²) in [4.78, 5) is 14.9. The maximum atomic E-state index is 13.0. The lowest BCUT2D eigenvalue weighted by molar-refractivity contribution is 0.0282. The summed E-state index contributed by atoms with van der Waals surface area (Å²) in [7, 11) is 0. The van der Waals surface area contributed by atoms with Gasteiger partial charge < -0.3 is 10.0 Å². The summed E-state index contributed by atoms with van der Waals surface area (Å²) in [6.07, 6.45) is 7.29. The number of hydrogen-bond donors (Lipinski definition) is 1. The number of piperidine rings is 1. The van der Waals surface area contributed by atoms with Crippen LogP contribution in [0, 0.1) is 5.92 Å². The van der Waals surface area contributed by atoms with Gasteiger partial charge in [-0.2, -0.15) is 5.10 Å². The fourth-order valence-electron chi connectivity index (χ4n) is 3.57. The van der Waals surface area contributed by atoms with E-state index in [1.54, 1.807) is 10.9 Å². The molecule has 2 aliphatic rings. The Morgan fingerprint density at radius 3 is 2.83 bits per heavy atom. The van der Waals surface area contributed by atoms with Gasteiger partial charge in [0.25, 0.3) is 5.91 Å². The van der Waals surface area contributed by atoms with Gasteiger partial charge >= 0.3 is 0 Å². The van der Waals surface area contributed by atoms with Crippen molar-refractivity contribution in [2.24, 2.45) is 5.92 Å². The second-order valence-corrected chi connectivity index (χ2v) is 6.66. The molecule has 0 radical (unpaired) electrons. The largest absolute Gasteiger partial charge is 0.390 e. The van der Waals surface area contributed by atoms with Crippen molar-refractivity contribution < 1.29 is 9.90 Å². The van der Waals surface area contributed by atoms with Crippen LogP contribution in [0.25, 0.3) is 5.69 Å². The van der Waals surface area contributed by atoms with E-state index in [9.17, 15) is 9.90 Å². The third-order valence-electron chi connectivity index (χ3n) is 5.12. The minimum Gasteiger partial charge on any atom is -0.390 e. The number of aliphatic hydroxyl groups is 1. The first-order valence-corrected chi connectivity index (χ1v) is 8.28. The van der Waals surface area contributed by atoms with Crippen LogP contribution in [-0.4, -0.2) is 44.4 Å².